The molecule has 0 aromatic heterocycles. The zero-order chi connectivity index (χ0) is 19.3. The molecule has 1 atom stereocenters. The summed E-state index contributed by atoms with van der Waals surface area (Å²) in [5.41, 5.74) is -0.353. The van der Waals surface area contributed by atoms with Crippen LogP contribution < -0.4 is 10.6 Å². The minimum Gasteiger partial charge on any atom is -0.454 e. The molecule has 1 fully saturated rings. The molecule has 1 aliphatic rings. The number of urea groups is 1. The Labute approximate surface area is 149 Å². The first kappa shape index (κ1) is 19.4. The average Bonchev–Trinajstić information content (AvgIpc) is 2.83. The van der Waals surface area contributed by atoms with Gasteiger partial charge in [-0.15, -0.1) is 0 Å². The summed E-state index contributed by atoms with van der Waals surface area (Å²) in [5, 5.41) is 5.02. The van der Waals surface area contributed by atoms with Gasteiger partial charge in [0.1, 0.15) is 17.9 Å². The van der Waals surface area contributed by atoms with Crippen molar-refractivity contribution in [2.75, 3.05) is 13.2 Å². The molecule has 1 aromatic rings. The molecule has 0 bridgehead atoms. The molecule has 1 aromatic carbocycles. The third-order valence-electron chi connectivity index (χ3n) is 4.11. The van der Waals surface area contributed by atoms with Gasteiger partial charge in [-0.25, -0.2) is 9.18 Å². The second-order valence-electron chi connectivity index (χ2n) is 6.07. The first-order chi connectivity index (χ1) is 12.2. The molecule has 0 aliphatic carbocycles. The van der Waals surface area contributed by atoms with Crippen LogP contribution in [0, 0.1) is 5.82 Å². The molecule has 1 aliphatic heterocycles. The van der Waals surface area contributed by atoms with E-state index in [2.05, 4.69) is 10.6 Å². The number of hydrogen-bond acceptors (Lipinski definition) is 5. The molecule has 2 rings (SSSR count). The summed E-state index contributed by atoms with van der Waals surface area (Å²) in [6.45, 7) is 2.35. The van der Waals surface area contributed by atoms with Crippen LogP contribution in [-0.2, 0) is 25.7 Å². The van der Waals surface area contributed by atoms with Crippen molar-refractivity contribution in [3.63, 3.8) is 0 Å². The van der Waals surface area contributed by atoms with E-state index in [0.29, 0.717) is 12.0 Å². The Morgan fingerprint density at radius 2 is 1.92 bits per heavy atom. The number of amides is 4. The van der Waals surface area contributed by atoms with E-state index < -0.39 is 42.5 Å². The number of nitrogens with one attached hydrogen (secondary N) is 2. The predicted octanol–water partition coefficient (Wildman–Crippen LogP) is 0.706. The molecular formula is C17H20FN3O5. The SMILES string of the molecule is CC[C@]1(C)NC(=O)N(CC(=O)OCC(=O)NCc2ccc(F)cc2)C1=O. The average molecular weight is 365 g/mol. The smallest absolute Gasteiger partial charge is 0.326 e. The largest absolute Gasteiger partial charge is 0.454 e. The van der Waals surface area contributed by atoms with Crippen LogP contribution in [0.3, 0.4) is 0 Å². The second kappa shape index (κ2) is 7.94. The van der Waals surface area contributed by atoms with Gasteiger partial charge in [-0.1, -0.05) is 19.1 Å². The van der Waals surface area contributed by atoms with Crippen LogP contribution in [0.2, 0.25) is 0 Å². The van der Waals surface area contributed by atoms with Gasteiger partial charge in [0.15, 0.2) is 6.61 Å². The monoisotopic (exact) mass is 365 g/mol. The van der Waals surface area contributed by atoms with E-state index in [1.807, 2.05) is 0 Å². The molecule has 8 nitrogen and oxygen atoms in total. The number of hydrogen-bond donors (Lipinski definition) is 2. The van der Waals surface area contributed by atoms with Crippen LogP contribution in [0.15, 0.2) is 24.3 Å². The highest BCUT2D eigenvalue weighted by molar-refractivity contribution is 6.08. The molecule has 9 heteroatoms. The van der Waals surface area contributed by atoms with E-state index >= 15 is 0 Å². The fraction of sp³-hybridized carbons (Fsp3) is 0.412. The van der Waals surface area contributed by atoms with E-state index in [-0.39, 0.29) is 12.4 Å². The third kappa shape index (κ3) is 4.56. The van der Waals surface area contributed by atoms with Crippen molar-refractivity contribution in [3.8, 4) is 0 Å². The molecule has 1 saturated heterocycles. The number of nitrogens with zero attached hydrogens (tertiary/aromatic N) is 1. The van der Waals surface area contributed by atoms with Crippen molar-refractivity contribution in [3.05, 3.63) is 35.6 Å². The minimum absolute atomic E-state index is 0.151. The van der Waals surface area contributed by atoms with Gasteiger partial charge in [0.2, 0.25) is 0 Å². The lowest BCUT2D eigenvalue weighted by atomic mass is 9.99. The maximum absolute atomic E-state index is 12.8. The molecule has 1 heterocycles. The Morgan fingerprint density at radius 3 is 2.50 bits per heavy atom. The number of carbonyl (C=O) groups excluding carboxylic acids is 4. The fourth-order valence-electron chi connectivity index (χ4n) is 2.30. The van der Waals surface area contributed by atoms with Gasteiger partial charge in [0, 0.05) is 6.54 Å². The van der Waals surface area contributed by atoms with Gasteiger partial charge in [0.25, 0.3) is 11.8 Å². The Hall–Kier alpha value is -2.97. The quantitative estimate of drug-likeness (QED) is 0.547. The molecule has 26 heavy (non-hydrogen) atoms. The Kier molecular flexibility index (Phi) is 5.91. The summed E-state index contributed by atoms with van der Waals surface area (Å²) >= 11 is 0. The Bertz CT molecular complexity index is 722. The van der Waals surface area contributed by atoms with Gasteiger partial charge in [-0.05, 0) is 31.0 Å². The topological polar surface area (TPSA) is 105 Å². The number of carbonyl (C=O) groups is 4. The molecule has 2 N–H and O–H groups in total. The standard InChI is InChI=1S/C17H20FN3O5/c1-3-17(2)15(24)21(16(25)20-17)9-14(23)26-10-13(22)19-8-11-4-6-12(18)7-5-11/h4-7H,3,8-10H2,1-2H3,(H,19,22)(H,20,25)/t17-/m0/s1. The fourth-order valence-corrected chi connectivity index (χ4v) is 2.30. The molecule has 4 amide bonds. The van der Waals surface area contributed by atoms with E-state index in [1.165, 1.54) is 24.3 Å². The van der Waals surface area contributed by atoms with Crippen LogP contribution in [-0.4, -0.2) is 47.4 Å². The van der Waals surface area contributed by atoms with Crippen molar-refractivity contribution in [2.24, 2.45) is 0 Å². The summed E-state index contributed by atoms with van der Waals surface area (Å²) in [6, 6.07) is 4.90. The summed E-state index contributed by atoms with van der Waals surface area (Å²) in [5.74, 6) is -2.32. The van der Waals surface area contributed by atoms with E-state index in [0.717, 1.165) is 4.90 Å². The number of imide groups is 1. The highest BCUT2D eigenvalue weighted by Crippen LogP contribution is 2.20. The minimum atomic E-state index is -1.04. The Morgan fingerprint density at radius 1 is 1.27 bits per heavy atom. The number of rotatable bonds is 7. The molecule has 0 saturated carbocycles. The molecule has 0 unspecified atom stereocenters. The molecule has 0 radical (unpaired) electrons. The summed E-state index contributed by atoms with van der Waals surface area (Å²) in [7, 11) is 0. The lowest BCUT2D eigenvalue weighted by molar-refractivity contribution is -0.151. The van der Waals surface area contributed by atoms with Crippen molar-refractivity contribution < 1.29 is 28.3 Å². The third-order valence-corrected chi connectivity index (χ3v) is 4.11. The summed E-state index contributed by atoms with van der Waals surface area (Å²) in [6.07, 6.45) is 0.384. The highest BCUT2D eigenvalue weighted by atomic mass is 19.1. The zero-order valence-electron chi connectivity index (χ0n) is 14.5. The van der Waals surface area contributed by atoms with Crippen LogP contribution in [0.1, 0.15) is 25.8 Å². The maximum Gasteiger partial charge on any atom is 0.326 e. The van der Waals surface area contributed by atoms with E-state index in [9.17, 15) is 23.6 Å². The Balaban J connectivity index is 1.76. The van der Waals surface area contributed by atoms with Gasteiger partial charge in [-0.2, -0.15) is 0 Å². The highest BCUT2D eigenvalue weighted by Gasteiger charge is 2.47. The van der Waals surface area contributed by atoms with Crippen LogP contribution in [0.4, 0.5) is 9.18 Å². The maximum atomic E-state index is 12.8. The number of esters is 1. The lowest BCUT2D eigenvalue weighted by Crippen LogP contribution is -2.43. The molecular weight excluding hydrogens is 345 g/mol. The molecule has 140 valence electrons. The van der Waals surface area contributed by atoms with Crippen molar-refractivity contribution >= 4 is 23.8 Å². The number of halogens is 1. The van der Waals surface area contributed by atoms with Gasteiger partial charge < -0.3 is 15.4 Å². The number of ether oxygens (including phenoxy) is 1. The van der Waals surface area contributed by atoms with Crippen molar-refractivity contribution in [1.82, 2.24) is 15.5 Å². The van der Waals surface area contributed by atoms with Crippen LogP contribution >= 0.6 is 0 Å². The van der Waals surface area contributed by atoms with Gasteiger partial charge in [-0.3, -0.25) is 19.3 Å². The summed E-state index contributed by atoms with van der Waals surface area (Å²) < 4.78 is 17.6. The number of benzene rings is 1. The van der Waals surface area contributed by atoms with Crippen LogP contribution in [0.25, 0.3) is 0 Å². The van der Waals surface area contributed by atoms with E-state index in [1.54, 1.807) is 13.8 Å². The first-order valence-electron chi connectivity index (χ1n) is 8.06. The van der Waals surface area contributed by atoms with Crippen LogP contribution in [0.5, 0.6) is 0 Å². The zero-order valence-corrected chi connectivity index (χ0v) is 14.5. The lowest BCUT2D eigenvalue weighted by Gasteiger charge is -2.18. The van der Waals surface area contributed by atoms with E-state index in [4.69, 9.17) is 4.74 Å². The second-order valence-corrected chi connectivity index (χ2v) is 6.07. The van der Waals surface area contributed by atoms with Crippen molar-refractivity contribution in [1.29, 1.82) is 0 Å². The first-order valence-corrected chi connectivity index (χ1v) is 8.06. The van der Waals surface area contributed by atoms with Gasteiger partial charge >= 0.3 is 12.0 Å². The molecule has 0 spiro atoms. The van der Waals surface area contributed by atoms with Crippen molar-refractivity contribution in [2.45, 2.75) is 32.4 Å². The predicted molar refractivity (Wildman–Crippen MR) is 88.1 cm³/mol. The van der Waals surface area contributed by atoms with Gasteiger partial charge in [0.05, 0.1) is 0 Å². The summed E-state index contributed by atoms with van der Waals surface area (Å²) in [4.78, 5) is 48.2. The normalized spacial score (nSPS) is 19.3.